The van der Waals surface area contributed by atoms with E-state index in [2.05, 4.69) is 58.7 Å². The van der Waals surface area contributed by atoms with Gasteiger partial charge in [0.15, 0.2) is 0 Å². The van der Waals surface area contributed by atoms with E-state index >= 15 is 0 Å². The first-order valence-electron chi connectivity index (χ1n) is 9.32. The van der Waals surface area contributed by atoms with E-state index in [0.29, 0.717) is 13.1 Å². The minimum absolute atomic E-state index is 0.108. The van der Waals surface area contributed by atoms with E-state index in [-0.39, 0.29) is 12.1 Å². The van der Waals surface area contributed by atoms with Gasteiger partial charge in [-0.05, 0) is 50.8 Å². The molecule has 1 aromatic carbocycles. The molecule has 2 N–H and O–H groups in total. The molecule has 2 amide bonds. The Morgan fingerprint density at radius 3 is 2.77 bits per heavy atom. The van der Waals surface area contributed by atoms with E-state index in [1.807, 2.05) is 18.7 Å². The fourth-order valence-electron chi connectivity index (χ4n) is 3.72. The van der Waals surface area contributed by atoms with Gasteiger partial charge < -0.3 is 15.5 Å². The van der Waals surface area contributed by atoms with Gasteiger partial charge in [-0.2, -0.15) is 5.10 Å². The largest absolute Gasteiger partial charge is 0.366 e. The van der Waals surface area contributed by atoms with Crippen LogP contribution in [0.2, 0.25) is 0 Å². The average molecular weight is 355 g/mol. The van der Waals surface area contributed by atoms with Gasteiger partial charge in [-0.3, -0.25) is 4.68 Å². The van der Waals surface area contributed by atoms with Crippen molar-refractivity contribution in [3.63, 3.8) is 0 Å². The molecule has 1 atom stereocenters. The summed E-state index contributed by atoms with van der Waals surface area (Å²) >= 11 is 0. The predicted molar refractivity (Wildman–Crippen MR) is 105 cm³/mol. The first kappa shape index (κ1) is 18.3. The lowest BCUT2D eigenvalue weighted by molar-refractivity contribution is 0.240. The summed E-state index contributed by atoms with van der Waals surface area (Å²) < 4.78 is 1.89. The van der Waals surface area contributed by atoms with E-state index in [1.54, 1.807) is 0 Å². The second kappa shape index (κ2) is 7.81. The summed E-state index contributed by atoms with van der Waals surface area (Å²) in [5, 5.41) is 10.4. The van der Waals surface area contributed by atoms with Crippen molar-refractivity contribution < 1.29 is 4.79 Å². The molecule has 1 aliphatic rings. The number of aromatic nitrogens is 2. The molecule has 140 valence electrons. The molecule has 0 saturated heterocycles. The van der Waals surface area contributed by atoms with Crippen LogP contribution in [0, 0.1) is 13.8 Å². The van der Waals surface area contributed by atoms with Gasteiger partial charge >= 0.3 is 6.03 Å². The van der Waals surface area contributed by atoms with Crippen LogP contribution in [0.4, 0.5) is 10.5 Å². The van der Waals surface area contributed by atoms with Gasteiger partial charge in [0.25, 0.3) is 0 Å². The van der Waals surface area contributed by atoms with Crippen molar-refractivity contribution in [2.24, 2.45) is 7.05 Å². The van der Waals surface area contributed by atoms with Gasteiger partial charge in [-0.25, -0.2) is 4.79 Å². The highest BCUT2D eigenvalue weighted by Gasteiger charge is 2.23. The number of hydrogen-bond acceptors (Lipinski definition) is 3. The van der Waals surface area contributed by atoms with Crippen LogP contribution in [0.5, 0.6) is 0 Å². The summed E-state index contributed by atoms with van der Waals surface area (Å²) in [6.07, 6.45) is 1.88. The molecule has 6 nitrogen and oxygen atoms in total. The zero-order valence-electron chi connectivity index (χ0n) is 16.2. The second-order valence-corrected chi connectivity index (χ2v) is 7.08. The highest BCUT2D eigenvalue weighted by molar-refractivity contribution is 5.74. The van der Waals surface area contributed by atoms with Gasteiger partial charge in [0.2, 0.25) is 0 Å². The number of aryl methyl sites for hydroxylation is 2. The molecule has 0 bridgehead atoms. The summed E-state index contributed by atoms with van der Waals surface area (Å²) in [5.74, 6) is 0. The Labute approximate surface area is 155 Å². The molecule has 1 unspecified atom stereocenters. The molecule has 0 radical (unpaired) electrons. The molecule has 0 saturated carbocycles. The van der Waals surface area contributed by atoms with Crippen LogP contribution < -0.4 is 15.5 Å². The zero-order valence-corrected chi connectivity index (χ0v) is 16.2. The molecule has 0 spiro atoms. The van der Waals surface area contributed by atoms with E-state index in [4.69, 9.17) is 0 Å². The van der Waals surface area contributed by atoms with E-state index in [9.17, 15) is 4.79 Å². The molecule has 2 heterocycles. The molecular formula is C20H29N5O. The number of anilines is 1. The first-order chi connectivity index (χ1) is 12.5. The molecule has 3 rings (SSSR count). The predicted octanol–water partition coefficient (Wildman–Crippen LogP) is 2.33. The number of carbonyl (C=O) groups is 1. The van der Waals surface area contributed by atoms with Crippen molar-refractivity contribution in [3.05, 3.63) is 46.8 Å². The summed E-state index contributed by atoms with van der Waals surface area (Å²) in [7, 11) is 1.95. The van der Waals surface area contributed by atoms with Gasteiger partial charge in [-0.1, -0.05) is 18.2 Å². The number of hydrogen-bond donors (Lipinski definition) is 2. The normalized spacial score (nSPS) is 14.2. The minimum Gasteiger partial charge on any atom is -0.366 e. The molecule has 26 heavy (non-hydrogen) atoms. The van der Waals surface area contributed by atoms with Crippen molar-refractivity contribution in [2.75, 3.05) is 24.5 Å². The number of para-hydroxylation sites is 1. The fraction of sp³-hybridized carbons (Fsp3) is 0.500. The number of fused-ring (bicyclic) bond motifs is 1. The second-order valence-electron chi connectivity index (χ2n) is 7.08. The summed E-state index contributed by atoms with van der Waals surface area (Å²) in [4.78, 5) is 14.5. The number of benzene rings is 1. The monoisotopic (exact) mass is 355 g/mol. The Morgan fingerprint density at radius 1 is 1.27 bits per heavy atom. The Kier molecular flexibility index (Phi) is 5.49. The van der Waals surface area contributed by atoms with Crippen molar-refractivity contribution in [3.8, 4) is 0 Å². The fourth-order valence-corrected chi connectivity index (χ4v) is 3.72. The molecule has 2 aromatic rings. The smallest absolute Gasteiger partial charge is 0.314 e. The van der Waals surface area contributed by atoms with Crippen molar-refractivity contribution in [2.45, 2.75) is 39.7 Å². The van der Waals surface area contributed by atoms with E-state index < -0.39 is 0 Å². The average Bonchev–Trinajstić information content (AvgIpc) is 3.16. The lowest BCUT2D eigenvalue weighted by Gasteiger charge is -2.27. The third-order valence-electron chi connectivity index (χ3n) is 5.33. The maximum absolute atomic E-state index is 12.1. The third-order valence-corrected chi connectivity index (χ3v) is 5.33. The Morgan fingerprint density at radius 2 is 2.04 bits per heavy atom. The van der Waals surface area contributed by atoms with Gasteiger partial charge in [0.1, 0.15) is 0 Å². The SMILES string of the molecule is Cc1nn(C)c(C)c1CCNC(=O)NCC(C)N1CCc2ccccc21. The zero-order chi connectivity index (χ0) is 18.7. The van der Waals surface area contributed by atoms with Crippen LogP contribution in [-0.2, 0) is 19.9 Å². The van der Waals surface area contributed by atoms with Crippen molar-refractivity contribution in [1.29, 1.82) is 0 Å². The lowest BCUT2D eigenvalue weighted by Crippen LogP contribution is -2.45. The highest BCUT2D eigenvalue weighted by Crippen LogP contribution is 2.28. The van der Waals surface area contributed by atoms with Crippen LogP contribution in [0.1, 0.15) is 29.4 Å². The van der Waals surface area contributed by atoms with Gasteiger partial charge in [0.05, 0.1) is 5.69 Å². The maximum atomic E-state index is 12.1. The van der Waals surface area contributed by atoms with Gasteiger partial charge in [-0.15, -0.1) is 0 Å². The summed E-state index contributed by atoms with van der Waals surface area (Å²) in [6, 6.07) is 8.68. The number of rotatable bonds is 6. The standard InChI is InChI=1S/C20H29N5O/c1-14(25-12-10-17-7-5-6-8-19(17)25)13-22-20(26)21-11-9-18-15(2)23-24(4)16(18)3/h5-8,14H,9-13H2,1-4H3,(H2,21,22,26). The van der Waals surface area contributed by atoms with Crippen LogP contribution in [-0.4, -0.2) is 41.5 Å². The third kappa shape index (κ3) is 3.84. The molecule has 1 aromatic heterocycles. The Bertz CT molecular complexity index is 783. The van der Waals surface area contributed by atoms with Crippen LogP contribution in [0.3, 0.4) is 0 Å². The van der Waals surface area contributed by atoms with Crippen LogP contribution in [0.25, 0.3) is 0 Å². The summed E-state index contributed by atoms with van der Waals surface area (Å²) in [6.45, 7) is 8.49. The minimum atomic E-state index is -0.108. The Hall–Kier alpha value is -2.50. The van der Waals surface area contributed by atoms with Crippen molar-refractivity contribution >= 4 is 11.7 Å². The van der Waals surface area contributed by atoms with Crippen LogP contribution in [0.15, 0.2) is 24.3 Å². The molecule has 0 fully saturated rings. The molecular weight excluding hydrogens is 326 g/mol. The highest BCUT2D eigenvalue weighted by atomic mass is 16.2. The Balaban J connectivity index is 1.43. The molecule has 0 aliphatic carbocycles. The molecule has 6 heteroatoms. The van der Waals surface area contributed by atoms with Gasteiger partial charge in [0, 0.05) is 44.1 Å². The number of urea groups is 1. The quantitative estimate of drug-likeness (QED) is 0.836. The lowest BCUT2D eigenvalue weighted by atomic mass is 10.1. The number of nitrogens with zero attached hydrogens (tertiary/aromatic N) is 3. The summed E-state index contributed by atoms with van der Waals surface area (Å²) in [5.41, 5.74) is 6.10. The maximum Gasteiger partial charge on any atom is 0.314 e. The molecule has 1 aliphatic heterocycles. The topological polar surface area (TPSA) is 62.2 Å². The van der Waals surface area contributed by atoms with Crippen molar-refractivity contribution in [1.82, 2.24) is 20.4 Å². The number of carbonyl (C=O) groups excluding carboxylic acids is 1. The van der Waals surface area contributed by atoms with E-state index in [1.165, 1.54) is 16.8 Å². The first-order valence-corrected chi connectivity index (χ1v) is 9.32. The van der Waals surface area contributed by atoms with Crippen LogP contribution >= 0.6 is 0 Å². The number of amides is 2. The number of nitrogens with one attached hydrogen (secondary N) is 2. The van der Waals surface area contributed by atoms with E-state index in [0.717, 1.165) is 30.8 Å².